The fraction of sp³-hybridized carbons (Fsp3) is 0. The van der Waals surface area contributed by atoms with Gasteiger partial charge in [0, 0.05) is 22.0 Å². The van der Waals surface area contributed by atoms with Crippen molar-refractivity contribution in [3.8, 4) is 39.3 Å². The van der Waals surface area contributed by atoms with E-state index >= 15 is 0 Å². The van der Waals surface area contributed by atoms with Crippen LogP contribution in [0.2, 0.25) is 0 Å². The molecule has 0 bridgehead atoms. The van der Waals surface area contributed by atoms with Crippen LogP contribution in [0.25, 0.3) is 93.8 Å². The van der Waals surface area contributed by atoms with E-state index in [4.69, 9.17) is 9.40 Å². The summed E-state index contributed by atoms with van der Waals surface area (Å²) >= 11 is 0. The van der Waals surface area contributed by atoms with E-state index in [1.54, 1.807) is 0 Å². The molecule has 0 unspecified atom stereocenters. The van der Waals surface area contributed by atoms with E-state index in [1.807, 2.05) is 12.1 Å². The maximum Gasteiger partial charge on any atom is 0.145 e. The topological polar surface area (TPSA) is 34.2 Å². The van der Waals surface area contributed by atoms with Gasteiger partial charge >= 0.3 is 0 Å². The summed E-state index contributed by atoms with van der Waals surface area (Å²) in [5.74, 6) is 0.937. The minimum atomic E-state index is 0.899. The fourth-order valence-electron chi connectivity index (χ4n) is 8.97. The van der Waals surface area contributed by atoms with Crippen molar-refractivity contribution in [2.45, 2.75) is 0 Å². The molecular formula is C51H31N3O. The third kappa shape index (κ3) is 4.37. The van der Waals surface area contributed by atoms with Gasteiger partial charge in [-0.2, -0.15) is 0 Å². The van der Waals surface area contributed by atoms with Gasteiger partial charge in [0.1, 0.15) is 17.0 Å². The number of benzene rings is 9. The Hall–Kier alpha value is -7.43. The molecule has 9 aromatic carbocycles. The van der Waals surface area contributed by atoms with E-state index in [1.165, 1.54) is 32.7 Å². The average molecular weight is 702 g/mol. The highest BCUT2D eigenvalue weighted by Gasteiger charge is 2.30. The third-order valence-electron chi connectivity index (χ3n) is 11.3. The highest BCUT2D eigenvalue weighted by atomic mass is 16.3. The summed E-state index contributed by atoms with van der Waals surface area (Å²) in [6, 6.07) is 67.3. The van der Waals surface area contributed by atoms with Crippen LogP contribution in [0.5, 0.6) is 0 Å². The lowest BCUT2D eigenvalue weighted by atomic mass is 9.85. The van der Waals surface area contributed by atoms with Crippen LogP contribution < -0.4 is 4.90 Å². The molecular weight excluding hydrogens is 671 g/mol. The second kappa shape index (κ2) is 11.5. The number of para-hydroxylation sites is 3. The summed E-state index contributed by atoms with van der Waals surface area (Å²) in [6.45, 7) is 0. The summed E-state index contributed by atoms with van der Waals surface area (Å²) in [4.78, 5) is 7.64. The van der Waals surface area contributed by atoms with Gasteiger partial charge in [-0.15, -0.1) is 0 Å². The van der Waals surface area contributed by atoms with Crippen molar-refractivity contribution in [2.75, 3.05) is 4.90 Å². The van der Waals surface area contributed by atoms with Crippen LogP contribution in [0, 0.1) is 0 Å². The summed E-state index contributed by atoms with van der Waals surface area (Å²) < 4.78 is 8.75. The molecule has 2 aromatic heterocycles. The van der Waals surface area contributed by atoms with Gasteiger partial charge in [-0.05, 0) is 98.4 Å². The van der Waals surface area contributed by atoms with E-state index in [-0.39, 0.29) is 0 Å². The lowest BCUT2D eigenvalue weighted by molar-refractivity contribution is 0.669. The lowest BCUT2D eigenvalue weighted by Gasteiger charge is -2.33. The van der Waals surface area contributed by atoms with Crippen molar-refractivity contribution < 1.29 is 4.42 Å². The molecule has 3 heterocycles. The molecule has 0 atom stereocenters. The maximum atomic E-state index is 6.40. The highest BCUT2D eigenvalue weighted by molar-refractivity contribution is 6.22. The molecule has 1 aliphatic rings. The Morgan fingerprint density at radius 3 is 1.67 bits per heavy atom. The molecule has 0 saturated carbocycles. The first-order valence-electron chi connectivity index (χ1n) is 18.7. The van der Waals surface area contributed by atoms with Crippen LogP contribution in [-0.2, 0) is 0 Å². The SMILES string of the molecule is c1ccc(-c2nc3cccc4c3n2-c2ccc(-c3c5ccccc5c(-c5ccc6c(c5)oc5ccccc56)c5ccccc35)cc2N4c2ccccc2)cc1. The van der Waals surface area contributed by atoms with E-state index in [0.717, 1.165) is 78.2 Å². The van der Waals surface area contributed by atoms with Crippen molar-refractivity contribution in [1.82, 2.24) is 9.55 Å². The van der Waals surface area contributed by atoms with Crippen molar-refractivity contribution in [3.05, 3.63) is 188 Å². The van der Waals surface area contributed by atoms with Crippen LogP contribution in [0.15, 0.2) is 192 Å². The molecule has 0 N–H and O–H groups in total. The smallest absolute Gasteiger partial charge is 0.145 e. The third-order valence-corrected chi connectivity index (χ3v) is 11.3. The van der Waals surface area contributed by atoms with Crippen molar-refractivity contribution in [3.63, 3.8) is 0 Å². The number of hydrogen-bond acceptors (Lipinski definition) is 3. The van der Waals surface area contributed by atoms with Crippen LogP contribution in [0.4, 0.5) is 17.1 Å². The summed E-state index contributed by atoms with van der Waals surface area (Å²) in [5, 5.41) is 7.10. The molecule has 12 rings (SSSR count). The van der Waals surface area contributed by atoms with Gasteiger partial charge in [-0.1, -0.05) is 133 Å². The molecule has 55 heavy (non-hydrogen) atoms. The molecule has 256 valence electrons. The Balaban J connectivity index is 1.13. The molecule has 0 radical (unpaired) electrons. The predicted octanol–water partition coefficient (Wildman–Crippen LogP) is 14.0. The number of rotatable bonds is 4. The zero-order valence-electron chi connectivity index (χ0n) is 29.6. The van der Waals surface area contributed by atoms with Crippen molar-refractivity contribution in [2.24, 2.45) is 0 Å². The lowest BCUT2D eigenvalue weighted by Crippen LogP contribution is -2.18. The number of nitrogens with zero attached hydrogens (tertiary/aromatic N) is 3. The van der Waals surface area contributed by atoms with E-state index < -0.39 is 0 Å². The average Bonchev–Trinajstić information content (AvgIpc) is 3.83. The second-order valence-corrected chi connectivity index (χ2v) is 14.3. The van der Waals surface area contributed by atoms with Gasteiger partial charge in [0.25, 0.3) is 0 Å². The van der Waals surface area contributed by atoms with Crippen molar-refractivity contribution >= 4 is 71.6 Å². The summed E-state index contributed by atoms with van der Waals surface area (Å²) in [7, 11) is 0. The molecule has 4 nitrogen and oxygen atoms in total. The van der Waals surface area contributed by atoms with E-state index in [9.17, 15) is 0 Å². The van der Waals surface area contributed by atoms with Gasteiger partial charge in [0.05, 0.1) is 28.1 Å². The Morgan fingerprint density at radius 2 is 0.964 bits per heavy atom. The standard InChI is InChI=1S/C51H31N3O/c1-3-14-32(15-4-1)51-52-42-23-13-24-44-50(42)54(51)43-29-27-33(30-45(43)53(44)35-16-5-2-6-17-35)48-38-19-7-9-21-40(38)49(41-22-10-8-20-39(41)48)34-26-28-37-36-18-11-12-25-46(36)55-47(37)31-34/h1-31H. The molecule has 1 aliphatic heterocycles. The number of furan rings is 1. The van der Waals surface area contributed by atoms with Crippen LogP contribution in [0.1, 0.15) is 0 Å². The number of imidazole rings is 1. The molecule has 0 amide bonds. The predicted molar refractivity (Wildman–Crippen MR) is 228 cm³/mol. The Bertz CT molecular complexity index is 3260. The van der Waals surface area contributed by atoms with Crippen LogP contribution in [0.3, 0.4) is 0 Å². The minimum Gasteiger partial charge on any atom is -0.456 e. The molecule has 4 heteroatoms. The first kappa shape index (κ1) is 30.1. The number of fused-ring (bicyclic) bond motifs is 7. The Morgan fingerprint density at radius 1 is 0.382 bits per heavy atom. The second-order valence-electron chi connectivity index (χ2n) is 14.3. The molecule has 0 aliphatic carbocycles. The number of aromatic nitrogens is 2. The number of anilines is 3. The van der Waals surface area contributed by atoms with E-state index in [2.05, 4.69) is 185 Å². The van der Waals surface area contributed by atoms with Gasteiger partial charge < -0.3 is 9.32 Å². The largest absolute Gasteiger partial charge is 0.456 e. The van der Waals surface area contributed by atoms with E-state index in [0.29, 0.717) is 0 Å². The Labute approximate surface area is 316 Å². The van der Waals surface area contributed by atoms with Crippen LogP contribution >= 0.6 is 0 Å². The van der Waals surface area contributed by atoms with Crippen LogP contribution in [-0.4, -0.2) is 9.55 Å². The maximum absolute atomic E-state index is 6.40. The molecule has 0 spiro atoms. The zero-order valence-corrected chi connectivity index (χ0v) is 29.6. The summed E-state index contributed by atoms with van der Waals surface area (Å²) in [5.41, 5.74) is 14.1. The minimum absolute atomic E-state index is 0.899. The quantitative estimate of drug-likeness (QED) is 0.171. The molecule has 11 aromatic rings. The molecule has 0 saturated heterocycles. The monoisotopic (exact) mass is 701 g/mol. The normalized spacial score (nSPS) is 12.3. The summed E-state index contributed by atoms with van der Waals surface area (Å²) in [6.07, 6.45) is 0. The van der Waals surface area contributed by atoms with Crippen molar-refractivity contribution in [1.29, 1.82) is 0 Å². The first-order valence-corrected chi connectivity index (χ1v) is 18.7. The molecule has 0 fully saturated rings. The fourth-order valence-corrected chi connectivity index (χ4v) is 8.97. The van der Waals surface area contributed by atoms with Gasteiger partial charge in [0.15, 0.2) is 0 Å². The highest BCUT2D eigenvalue weighted by Crippen LogP contribution is 2.51. The van der Waals surface area contributed by atoms with Gasteiger partial charge in [-0.25, -0.2) is 4.98 Å². The zero-order chi connectivity index (χ0) is 36.0. The van der Waals surface area contributed by atoms with Gasteiger partial charge in [0.2, 0.25) is 0 Å². The first-order chi connectivity index (χ1) is 27.3. The number of hydrogen-bond donors (Lipinski definition) is 0. The Kier molecular flexibility index (Phi) is 6.31. The van der Waals surface area contributed by atoms with Gasteiger partial charge in [-0.3, -0.25) is 4.57 Å².